The van der Waals surface area contributed by atoms with Gasteiger partial charge in [-0.3, -0.25) is 4.79 Å². The first-order valence-corrected chi connectivity index (χ1v) is 11.1. The Morgan fingerprint density at radius 2 is 2.00 bits per heavy atom. The highest BCUT2D eigenvalue weighted by Crippen LogP contribution is 2.29. The monoisotopic (exact) mass is 412 g/mol. The Morgan fingerprint density at radius 3 is 2.68 bits per heavy atom. The van der Waals surface area contributed by atoms with E-state index in [2.05, 4.69) is 10.0 Å². The van der Waals surface area contributed by atoms with Gasteiger partial charge in [0.05, 0.1) is 32.0 Å². The molecule has 1 aliphatic heterocycles. The third-order valence-electron chi connectivity index (χ3n) is 5.17. The number of ether oxygens (including phenoxy) is 2. The molecule has 0 radical (unpaired) electrons. The predicted molar refractivity (Wildman–Crippen MR) is 102 cm³/mol. The number of methoxy groups -OCH3 is 1. The molecule has 1 saturated heterocycles. The lowest BCUT2D eigenvalue weighted by Crippen LogP contribution is -2.51. The molecular formula is C19H28N2O6S. The Balaban J connectivity index is 1.55. The van der Waals surface area contributed by atoms with Gasteiger partial charge in [-0.15, -0.1) is 0 Å². The van der Waals surface area contributed by atoms with E-state index in [1.54, 1.807) is 18.2 Å². The quantitative estimate of drug-likeness (QED) is 0.553. The first kappa shape index (κ1) is 21.0. The zero-order valence-electron chi connectivity index (χ0n) is 16.0. The van der Waals surface area contributed by atoms with E-state index in [4.69, 9.17) is 9.47 Å². The van der Waals surface area contributed by atoms with Crippen LogP contribution >= 0.6 is 0 Å². The van der Waals surface area contributed by atoms with Crippen molar-refractivity contribution in [2.24, 2.45) is 5.92 Å². The fraction of sp³-hybridized carbons (Fsp3) is 0.632. The molecule has 3 rings (SSSR count). The zero-order valence-corrected chi connectivity index (χ0v) is 16.8. The molecule has 9 heteroatoms. The van der Waals surface area contributed by atoms with Gasteiger partial charge in [0, 0.05) is 12.5 Å². The van der Waals surface area contributed by atoms with E-state index in [0.717, 1.165) is 12.8 Å². The van der Waals surface area contributed by atoms with Crippen LogP contribution in [-0.2, 0) is 19.6 Å². The molecule has 0 bridgehead atoms. The van der Waals surface area contributed by atoms with Crippen molar-refractivity contribution in [3.05, 3.63) is 24.3 Å². The normalized spacial score (nSPS) is 25.3. The Kier molecular flexibility index (Phi) is 6.92. The number of sulfonamides is 1. The van der Waals surface area contributed by atoms with Gasteiger partial charge in [0.1, 0.15) is 10.6 Å². The van der Waals surface area contributed by atoms with Gasteiger partial charge < -0.3 is 19.9 Å². The fourth-order valence-electron chi connectivity index (χ4n) is 3.43. The molecular weight excluding hydrogens is 384 g/mol. The molecule has 3 N–H and O–H groups in total. The van der Waals surface area contributed by atoms with E-state index in [1.165, 1.54) is 13.2 Å². The number of amides is 1. The molecule has 1 aromatic carbocycles. The van der Waals surface area contributed by atoms with Crippen LogP contribution < -0.4 is 14.8 Å². The van der Waals surface area contributed by atoms with Crippen LogP contribution in [0.15, 0.2) is 29.2 Å². The molecule has 1 aliphatic carbocycles. The molecule has 3 atom stereocenters. The van der Waals surface area contributed by atoms with Gasteiger partial charge in [0.15, 0.2) is 0 Å². The van der Waals surface area contributed by atoms with E-state index in [0.29, 0.717) is 25.8 Å². The molecule has 0 aromatic heterocycles. The summed E-state index contributed by atoms with van der Waals surface area (Å²) in [5.41, 5.74) is 0. The summed E-state index contributed by atoms with van der Waals surface area (Å²) in [4.78, 5) is 11.7. The number of hydrogen-bond acceptors (Lipinski definition) is 6. The smallest absolute Gasteiger partial charge is 0.244 e. The van der Waals surface area contributed by atoms with Gasteiger partial charge >= 0.3 is 0 Å². The maximum atomic E-state index is 12.8. The van der Waals surface area contributed by atoms with Crippen LogP contribution in [0, 0.1) is 5.92 Å². The first-order valence-electron chi connectivity index (χ1n) is 9.64. The minimum absolute atomic E-state index is 0.0547. The van der Waals surface area contributed by atoms with E-state index in [9.17, 15) is 18.3 Å². The molecule has 1 saturated carbocycles. The summed E-state index contributed by atoms with van der Waals surface area (Å²) in [5.74, 6) is 0.528. The second kappa shape index (κ2) is 9.21. The van der Waals surface area contributed by atoms with E-state index in [-0.39, 0.29) is 35.2 Å². The highest BCUT2D eigenvalue weighted by atomic mass is 32.2. The first-order chi connectivity index (χ1) is 13.4. The number of carbonyl (C=O) groups excluding carboxylic acids is 1. The molecule has 8 nitrogen and oxygen atoms in total. The lowest BCUT2D eigenvalue weighted by atomic mass is 9.98. The Bertz CT molecular complexity index is 780. The summed E-state index contributed by atoms with van der Waals surface area (Å²) in [6.45, 7) is 0.236. The lowest BCUT2D eigenvalue weighted by molar-refractivity contribution is -0.122. The van der Waals surface area contributed by atoms with Crippen molar-refractivity contribution in [2.75, 3.05) is 20.3 Å². The van der Waals surface area contributed by atoms with Gasteiger partial charge in [-0.1, -0.05) is 12.1 Å². The Hall–Kier alpha value is -1.68. The SMILES string of the molecule is COc1ccccc1S(=O)(=O)N[C@H]1CC[C@H](CCNC(=O)C2CC2)O[C@H]1CO. The summed E-state index contributed by atoms with van der Waals surface area (Å²) in [5, 5.41) is 12.6. The second-order valence-electron chi connectivity index (χ2n) is 7.29. The maximum absolute atomic E-state index is 12.8. The molecule has 28 heavy (non-hydrogen) atoms. The summed E-state index contributed by atoms with van der Waals surface area (Å²) in [7, 11) is -2.40. The van der Waals surface area contributed by atoms with Gasteiger partial charge in [0.25, 0.3) is 0 Å². The predicted octanol–water partition coefficient (Wildman–Crippen LogP) is 0.798. The van der Waals surface area contributed by atoms with Crippen molar-refractivity contribution in [1.29, 1.82) is 0 Å². The van der Waals surface area contributed by atoms with Crippen LogP contribution in [-0.4, -0.2) is 57.9 Å². The van der Waals surface area contributed by atoms with Crippen molar-refractivity contribution in [3.8, 4) is 5.75 Å². The van der Waals surface area contributed by atoms with Crippen LogP contribution in [0.1, 0.15) is 32.1 Å². The third kappa shape index (κ3) is 5.22. The summed E-state index contributed by atoms with van der Waals surface area (Å²) < 4.78 is 39.2. The van der Waals surface area contributed by atoms with Crippen LogP contribution in [0.5, 0.6) is 5.75 Å². The summed E-state index contributed by atoms with van der Waals surface area (Å²) in [6.07, 6.45) is 3.00. The average molecular weight is 413 g/mol. The molecule has 0 unspecified atom stereocenters. The molecule has 1 aromatic rings. The third-order valence-corrected chi connectivity index (χ3v) is 6.70. The van der Waals surface area contributed by atoms with Gasteiger partial charge in [0.2, 0.25) is 15.9 Å². The molecule has 1 heterocycles. The topological polar surface area (TPSA) is 114 Å². The minimum atomic E-state index is -3.82. The van der Waals surface area contributed by atoms with Gasteiger partial charge in [-0.25, -0.2) is 13.1 Å². The number of aliphatic hydroxyl groups excluding tert-OH is 1. The Morgan fingerprint density at radius 1 is 1.25 bits per heavy atom. The largest absolute Gasteiger partial charge is 0.495 e. The molecule has 2 aliphatic rings. The molecule has 1 amide bonds. The fourth-order valence-corrected chi connectivity index (χ4v) is 4.90. The van der Waals surface area contributed by atoms with Crippen LogP contribution in [0.25, 0.3) is 0 Å². The number of rotatable bonds is 9. The van der Waals surface area contributed by atoms with Gasteiger partial charge in [-0.05, 0) is 44.2 Å². The number of nitrogens with one attached hydrogen (secondary N) is 2. The van der Waals surface area contributed by atoms with Crippen molar-refractivity contribution in [3.63, 3.8) is 0 Å². The standard InChI is InChI=1S/C19H28N2O6S/c1-26-16-4-2-3-5-18(16)28(24,25)21-15-9-8-14(27-17(15)12-22)10-11-20-19(23)13-6-7-13/h2-5,13-15,17,21-22H,6-12H2,1H3,(H,20,23)/t14-,15+,17+/m1/s1. The van der Waals surface area contributed by atoms with Crippen LogP contribution in [0.3, 0.4) is 0 Å². The van der Waals surface area contributed by atoms with E-state index >= 15 is 0 Å². The van der Waals surface area contributed by atoms with Crippen molar-refractivity contribution < 1.29 is 27.8 Å². The maximum Gasteiger partial charge on any atom is 0.244 e. The molecule has 0 spiro atoms. The van der Waals surface area contributed by atoms with Gasteiger partial charge in [-0.2, -0.15) is 0 Å². The summed E-state index contributed by atoms with van der Waals surface area (Å²) >= 11 is 0. The Labute approximate surface area is 165 Å². The minimum Gasteiger partial charge on any atom is -0.495 e. The molecule has 2 fully saturated rings. The lowest BCUT2D eigenvalue weighted by Gasteiger charge is -2.36. The van der Waals surface area contributed by atoms with Crippen molar-refractivity contribution in [2.45, 2.75) is 55.2 Å². The van der Waals surface area contributed by atoms with Crippen molar-refractivity contribution in [1.82, 2.24) is 10.0 Å². The van der Waals surface area contributed by atoms with E-state index < -0.39 is 22.2 Å². The second-order valence-corrected chi connectivity index (χ2v) is 8.97. The molecule has 156 valence electrons. The number of benzene rings is 1. The number of para-hydroxylation sites is 1. The van der Waals surface area contributed by atoms with Crippen LogP contribution in [0.2, 0.25) is 0 Å². The highest BCUT2D eigenvalue weighted by molar-refractivity contribution is 7.89. The van der Waals surface area contributed by atoms with Crippen LogP contribution in [0.4, 0.5) is 0 Å². The van der Waals surface area contributed by atoms with E-state index in [1.807, 2.05) is 0 Å². The summed E-state index contributed by atoms with van der Waals surface area (Å²) in [6, 6.07) is 5.86. The number of hydrogen-bond donors (Lipinski definition) is 3. The number of aliphatic hydroxyl groups is 1. The van der Waals surface area contributed by atoms with Crippen molar-refractivity contribution >= 4 is 15.9 Å². The highest BCUT2D eigenvalue weighted by Gasteiger charge is 2.35. The average Bonchev–Trinajstić information content (AvgIpc) is 3.54. The number of carbonyl (C=O) groups is 1. The zero-order chi connectivity index (χ0) is 20.1.